The molecule has 1 heterocycles. The van der Waals surface area contributed by atoms with Crippen molar-refractivity contribution in [3.63, 3.8) is 0 Å². The van der Waals surface area contributed by atoms with Gasteiger partial charge in [0.2, 0.25) is 5.92 Å². The largest absolute Gasteiger partial charge is 0.378 e. The normalized spacial score (nSPS) is 40.0. The minimum absolute atomic E-state index is 0.0623. The Morgan fingerprint density at radius 1 is 1.33 bits per heavy atom. The van der Waals surface area contributed by atoms with Crippen LogP contribution in [0.3, 0.4) is 0 Å². The van der Waals surface area contributed by atoms with E-state index in [4.69, 9.17) is 4.74 Å². The summed E-state index contributed by atoms with van der Waals surface area (Å²) in [6.45, 7) is 3.73. The summed E-state index contributed by atoms with van der Waals surface area (Å²) in [7, 11) is 1.93. The maximum Gasteiger partial charge on any atom is 0.248 e. The minimum atomic E-state index is -2.44. The van der Waals surface area contributed by atoms with Gasteiger partial charge in [-0.3, -0.25) is 0 Å². The molecular formula is C14H25F2NO. The van der Waals surface area contributed by atoms with Crippen LogP contribution in [0, 0.1) is 11.3 Å². The van der Waals surface area contributed by atoms with Crippen LogP contribution < -0.4 is 5.32 Å². The third kappa shape index (κ3) is 3.02. The Balaban J connectivity index is 2.01. The van der Waals surface area contributed by atoms with Gasteiger partial charge in [0.15, 0.2) is 0 Å². The van der Waals surface area contributed by atoms with Crippen LogP contribution in [0.4, 0.5) is 8.78 Å². The lowest BCUT2D eigenvalue weighted by atomic mass is 9.70. The molecule has 1 aliphatic heterocycles. The van der Waals surface area contributed by atoms with E-state index >= 15 is 0 Å². The molecule has 0 amide bonds. The number of rotatable bonds is 4. The number of hydrogen-bond acceptors (Lipinski definition) is 2. The van der Waals surface area contributed by atoms with Crippen molar-refractivity contribution >= 4 is 0 Å². The first-order chi connectivity index (χ1) is 8.47. The number of alkyl halides is 2. The van der Waals surface area contributed by atoms with E-state index in [0.29, 0.717) is 6.42 Å². The molecule has 4 heteroatoms. The second kappa shape index (κ2) is 5.41. The van der Waals surface area contributed by atoms with Crippen LogP contribution in [0.25, 0.3) is 0 Å². The van der Waals surface area contributed by atoms with Gasteiger partial charge >= 0.3 is 0 Å². The highest BCUT2D eigenvalue weighted by Crippen LogP contribution is 2.46. The molecular weight excluding hydrogens is 236 g/mol. The Kier molecular flexibility index (Phi) is 4.27. The third-order valence-electron chi connectivity index (χ3n) is 4.80. The number of hydrogen-bond donors (Lipinski definition) is 1. The van der Waals surface area contributed by atoms with Gasteiger partial charge in [0, 0.05) is 31.4 Å². The third-order valence-corrected chi connectivity index (χ3v) is 4.80. The quantitative estimate of drug-likeness (QED) is 0.839. The molecule has 1 aliphatic carbocycles. The lowest BCUT2D eigenvalue weighted by Gasteiger charge is -2.38. The van der Waals surface area contributed by atoms with Crippen molar-refractivity contribution in [2.75, 3.05) is 20.2 Å². The molecule has 0 spiro atoms. The van der Waals surface area contributed by atoms with Gasteiger partial charge in [-0.15, -0.1) is 0 Å². The van der Waals surface area contributed by atoms with Crippen molar-refractivity contribution in [3.8, 4) is 0 Å². The van der Waals surface area contributed by atoms with Crippen molar-refractivity contribution in [1.82, 2.24) is 5.32 Å². The summed E-state index contributed by atoms with van der Waals surface area (Å²) in [4.78, 5) is 0. The molecule has 3 atom stereocenters. The van der Waals surface area contributed by atoms with Gasteiger partial charge in [0.05, 0.1) is 6.10 Å². The smallest absolute Gasteiger partial charge is 0.248 e. The van der Waals surface area contributed by atoms with Crippen molar-refractivity contribution in [1.29, 1.82) is 0 Å². The summed E-state index contributed by atoms with van der Waals surface area (Å²) >= 11 is 0. The maximum absolute atomic E-state index is 13.5. The molecule has 1 N–H and O–H groups in total. The SMILES string of the molecule is CNCC1(CC2CCCC(F)(F)C2)CCOC1C. The molecule has 0 bridgehead atoms. The highest BCUT2D eigenvalue weighted by atomic mass is 19.3. The summed E-state index contributed by atoms with van der Waals surface area (Å²) in [5, 5.41) is 3.22. The van der Waals surface area contributed by atoms with Crippen LogP contribution in [0.15, 0.2) is 0 Å². The van der Waals surface area contributed by atoms with E-state index in [9.17, 15) is 8.78 Å². The lowest BCUT2D eigenvalue weighted by Crippen LogP contribution is -2.41. The first kappa shape index (κ1) is 14.2. The Morgan fingerprint density at radius 2 is 2.11 bits per heavy atom. The van der Waals surface area contributed by atoms with Crippen LogP contribution in [-0.2, 0) is 4.74 Å². The van der Waals surface area contributed by atoms with E-state index in [-0.39, 0.29) is 30.3 Å². The van der Waals surface area contributed by atoms with E-state index in [2.05, 4.69) is 12.2 Å². The average molecular weight is 261 g/mol. The maximum atomic E-state index is 13.5. The zero-order valence-electron chi connectivity index (χ0n) is 11.5. The van der Waals surface area contributed by atoms with Gasteiger partial charge in [-0.25, -0.2) is 8.78 Å². The molecule has 0 aromatic heterocycles. The van der Waals surface area contributed by atoms with Crippen molar-refractivity contribution in [2.24, 2.45) is 11.3 Å². The molecule has 0 aromatic rings. The van der Waals surface area contributed by atoms with E-state index in [0.717, 1.165) is 32.4 Å². The van der Waals surface area contributed by atoms with Gasteiger partial charge < -0.3 is 10.1 Å². The van der Waals surface area contributed by atoms with Crippen molar-refractivity contribution in [3.05, 3.63) is 0 Å². The van der Waals surface area contributed by atoms with E-state index in [1.807, 2.05) is 7.05 Å². The molecule has 2 nitrogen and oxygen atoms in total. The lowest BCUT2D eigenvalue weighted by molar-refractivity contribution is -0.0631. The molecule has 2 aliphatic rings. The van der Waals surface area contributed by atoms with Gasteiger partial charge in [0.25, 0.3) is 0 Å². The predicted octanol–water partition coefficient (Wildman–Crippen LogP) is 3.22. The Morgan fingerprint density at radius 3 is 2.67 bits per heavy atom. The molecule has 3 unspecified atom stereocenters. The molecule has 0 aromatic carbocycles. The van der Waals surface area contributed by atoms with E-state index in [1.165, 1.54) is 0 Å². The molecule has 1 saturated carbocycles. The highest BCUT2D eigenvalue weighted by Gasteiger charge is 2.45. The van der Waals surface area contributed by atoms with Crippen LogP contribution in [0.2, 0.25) is 0 Å². The molecule has 1 saturated heterocycles. The first-order valence-corrected chi connectivity index (χ1v) is 7.11. The van der Waals surface area contributed by atoms with Crippen molar-refractivity contribution < 1.29 is 13.5 Å². The van der Waals surface area contributed by atoms with Crippen LogP contribution >= 0.6 is 0 Å². The zero-order chi connectivity index (χ0) is 13.2. The molecule has 2 fully saturated rings. The monoisotopic (exact) mass is 261 g/mol. The summed E-state index contributed by atoms with van der Waals surface area (Å²) < 4.78 is 32.7. The Hall–Kier alpha value is -0.220. The zero-order valence-corrected chi connectivity index (χ0v) is 11.5. The summed E-state index contributed by atoms with van der Waals surface area (Å²) in [6, 6.07) is 0. The van der Waals surface area contributed by atoms with Gasteiger partial charge in [0.1, 0.15) is 0 Å². The van der Waals surface area contributed by atoms with Crippen LogP contribution in [0.1, 0.15) is 45.4 Å². The molecule has 18 heavy (non-hydrogen) atoms. The summed E-state index contributed by atoms with van der Waals surface area (Å²) in [5.74, 6) is -2.28. The predicted molar refractivity (Wildman–Crippen MR) is 67.9 cm³/mol. The second-order valence-electron chi connectivity index (χ2n) is 6.18. The fraction of sp³-hybridized carbons (Fsp3) is 1.00. The Bertz CT molecular complexity index is 285. The van der Waals surface area contributed by atoms with Crippen LogP contribution in [0.5, 0.6) is 0 Å². The summed E-state index contributed by atoms with van der Waals surface area (Å²) in [5.41, 5.74) is 0.0623. The number of halogens is 2. The molecule has 2 rings (SSSR count). The van der Waals surface area contributed by atoms with Crippen molar-refractivity contribution in [2.45, 2.75) is 57.5 Å². The fourth-order valence-electron chi connectivity index (χ4n) is 3.77. The van der Waals surface area contributed by atoms with E-state index < -0.39 is 5.92 Å². The highest BCUT2D eigenvalue weighted by molar-refractivity contribution is 4.94. The summed E-state index contributed by atoms with van der Waals surface area (Å²) in [6.07, 6.45) is 3.83. The second-order valence-corrected chi connectivity index (χ2v) is 6.18. The van der Waals surface area contributed by atoms with Gasteiger partial charge in [-0.05, 0) is 45.6 Å². The topological polar surface area (TPSA) is 21.3 Å². The van der Waals surface area contributed by atoms with Crippen LogP contribution in [-0.4, -0.2) is 32.2 Å². The van der Waals surface area contributed by atoms with E-state index in [1.54, 1.807) is 0 Å². The Labute approximate surface area is 108 Å². The number of nitrogens with one attached hydrogen (secondary N) is 1. The minimum Gasteiger partial charge on any atom is -0.378 e. The average Bonchev–Trinajstić information content (AvgIpc) is 2.59. The molecule has 0 radical (unpaired) electrons. The first-order valence-electron chi connectivity index (χ1n) is 7.11. The van der Waals surface area contributed by atoms with Gasteiger partial charge in [-0.2, -0.15) is 0 Å². The molecule has 106 valence electrons. The fourth-order valence-corrected chi connectivity index (χ4v) is 3.77. The van der Waals surface area contributed by atoms with Gasteiger partial charge in [-0.1, -0.05) is 0 Å². The number of ether oxygens (including phenoxy) is 1. The standard InChI is InChI=1S/C14H25F2NO/c1-11-13(10-17-2,6-7-18-11)8-12-4-3-5-14(15,16)9-12/h11-12,17H,3-10H2,1-2H3.